The van der Waals surface area contributed by atoms with Gasteiger partial charge in [-0.05, 0) is 32.9 Å². The Morgan fingerprint density at radius 3 is 2.61 bits per heavy atom. The van der Waals surface area contributed by atoms with Crippen molar-refractivity contribution in [3.05, 3.63) is 40.7 Å². The molecule has 0 radical (unpaired) electrons. The number of hydrogen-bond acceptors (Lipinski definition) is 5. The van der Waals surface area contributed by atoms with Crippen LogP contribution in [0.2, 0.25) is 0 Å². The van der Waals surface area contributed by atoms with Gasteiger partial charge < -0.3 is 19.4 Å². The SMILES string of the molecule is Cc1noc(C)c1C(C)NCc1ccc(CO)o1. The average Bonchev–Trinajstić information content (AvgIpc) is 2.93. The fourth-order valence-corrected chi connectivity index (χ4v) is 2.07. The van der Waals surface area contributed by atoms with Crippen LogP contribution in [0.25, 0.3) is 0 Å². The highest BCUT2D eigenvalue weighted by atomic mass is 16.5. The van der Waals surface area contributed by atoms with Gasteiger partial charge >= 0.3 is 0 Å². The van der Waals surface area contributed by atoms with E-state index in [2.05, 4.69) is 17.4 Å². The lowest BCUT2D eigenvalue weighted by Gasteiger charge is -2.12. The Bertz CT molecular complexity index is 497. The second-order valence-corrected chi connectivity index (χ2v) is 4.37. The molecule has 1 atom stereocenters. The molecule has 5 heteroatoms. The van der Waals surface area contributed by atoms with Gasteiger partial charge in [-0.25, -0.2) is 0 Å². The molecule has 0 fully saturated rings. The van der Waals surface area contributed by atoms with Gasteiger partial charge in [-0.2, -0.15) is 0 Å². The molecule has 0 amide bonds. The van der Waals surface area contributed by atoms with E-state index in [1.165, 1.54) is 0 Å². The van der Waals surface area contributed by atoms with Crippen LogP contribution in [-0.2, 0) is 13.2 Å². The summed E-state index contributed by atoms with van der Waals surface area (Å²) in [5.74, 6) is 2.22. The summed E-state index contributed by atoms with van der Waals surface area (Å²) in [6, 6.07) is 3.77. The van der Waals surface area contributed by atoms with Crippen LogP contribution in [0.5, 0.6) is 0 Å². The van der Waals surface area contributed by atoms with Crippen molar-refractivity contribution in [1.82, 2.24) is 10.5 Å². The van der Waals surface area contributed by atoms with Crippen molar-refractivity contribution in [3.63, 3.8) is 0 Å². The summed E-state index contributed by atoms with van der Waals surface area (Å²) in [6.45, 7) is 6.43. The van der Waals surface area contributed by atoms with Crippen LogP contribution in [0.1, 0.15) is 41.5 Å². The van der Waals surface area contributed by atoms with Crippen molar-refractivity contribution < 1.29 is 14.0 Å². The summed E-state index contributed by atoms with van der Waals surface area (Å²) < 4.78 is 10.6. The van der Waals surface area contributed by atoms with Crippen LogP contribution in [0.3, 0.4) is 0 Å². The molecular formula is C13H18N2O3. The van der Waals surface area contributed by atoms with Gasteiger partial charge in [0.1, 0.15) is 23.9 Å². The van der Waals surface area contributed by atoms with Gasteiger partial charge in [0.15, 0.2) is 0 Å². The maximum atomic E-state index is 8.92. The summed E-state index contributed by atoms with van der Waals surface area (Å²) in [4.78, 5) is 0. The third-order valence-electron chi connectivity index (χ3n) is 2.98. The first kappa shape index (κ1) is 12.9. The van der Waals surface area contributed by atoms with Crippen LogP contribution in [-0.4, -0.2) is 10.3 Å². The highest BCUT2D eigenvalue weighted by Gasteiger charge is 2.16. The van der Waals surface area contributed by atoms with E-state index in [0.29, 0.717) is 12.3 Å². The zero-order valence-electron chi connectivity index (χ0n) is 10.9. The molecule has 0 saturated carbocycles. The van der Waals surface area contributed by atoms with Gasteiger partial charge in [0.25, 0.3) is 0 Å². The molecule has 0 aliphatic heterocycles. The molecule has 18 heavy (non-hydrogen) atoms. The summed E-state index contributed by atoms with van der Waals surface area (Å²) in [5.41, 5.74) is 1.99. The smallest absolute Gasteiger partial charge is 0.138 e. The van der Waals surface area contributed by atoms with Crippen molar-refractivity contribution in [2.75, 3.05) is 0 Å². The predicted molar refractivity (Wildman–Crippen MR) is 65.9 cm³/mol. The van der Waals surface area contributed by atoms with Crippen molar-refractivity contribution in [3.8, 4) is 0 Å². The molecule has 2 N–H and O–H groups in total. The number of aryl methyl sites for hydroxylation is 2. The van der Waals surface area contributed by atoms with Crippen molar-refractivity contribution in [1.29, 1.82) is 0 Å². The molecule has 2 aromatic rings. The summed E-state index contributed by atoms with van der Waals surface area (Å²) in [7, 11) is 0. The Labute approximate surface area is 106 Å². The quantitative estimate of drug-likeness (QED) is 0.851. The minimum atomic E-state index is -0.0700. The Morgan fingerprint density at radius 1 is 1.33 bits per heavy atom. The number of nitrogens with zero attached hydrogens (tertiary/aromatic N) is 1. The summed E-state index contributed by atoms with van der Waals surface area (Å²) in [5, 5.41) is 16.2. The molecule has 0 aromatic carbocycles. The number of furan rings is 1. The van der Waals surface area contributed by atoms with E-state index < -0.39 is 0 Å². The maximum absolute atomic E-state index is 8.92. The minimum Gasteiger partial charge on any atom is -0.462 e. The molecule has 2 rings (SSSR count). The van der Waals surface area contributed by atoms with Gasteiger partial charge in [-0.15, -0.1) is 0 Å². The Kier molecular flexibility index (Phi) is 3.84. The highest BCUT2D eigenvalue weighted by molar-refractivity contribution is 5.24. The van der Waals surface area contributed by atoms with Gasteiger partial charge in [0.05, 0.1) is 12.2 Å². The molecule has 0 aliphatic carbocycles. The second kappa shape index (κ2) is 5.37. The zero-order chi connectivity index (χ0) is 13.1. The van der Waals surface area contributed by atoms with Gasteiger partial charge in [-0.1, -0.05) is 5.16 Å². The lowest BCUT2D eigenvalue weighted by atomic mass is 10.1. The van der Waals surface area contributed by atoms with Crippen LogP contribution >= 0.6 is 0 Å². The largest absolute Gasteiger partial charge is 0.462 e. The lowest BCUT2D eigenvalue weighted by Crippen LogP contribution is -2.18. The van der Waals surface area contributed by atoms with Crippen molar-refractivity contribution in [2.24, 2.45) is 0 Å². The lowest BCUT2D eigenvalue weighted by molar-refractivity contribution is 0.242. The Balaban J connectivity index is 1.98. The van der Waals surface area contributed by atoms with E-state index in [1.54, 1.807) is 6.07 Å². The topological polar surface area (TPSA) is 71.4 Å². The van der Waals surface area contributed by atoms with Crippen molar-refractivity contribution >= 4 is 0 Å². The minimum absolute atomic E-state index is 0.0700. The van der Waals surface area contributed by atoms with Gasteiger partial charge in [0, 0.05) is 11.6 Å². The molecule has 2 heterocycles. The second-order valence-electron chi connectivity index (χ2n) is 4.37. The number of hydrogen-bond donors (Lipinski definition) is 2. The maximum Gasteiger partial charge on any atom is 0.138 e. The molecule has 0 aliphatic rings. The molecule has 98 valence electrons. The first-order chi connectivity index (χ1) is 8.61. The normalized spacial score (nSPS) is 12.9. The van der Waals surface area contributed by atoms with Crippen LogP contribution in [0.4, 0.5) is 0 Å². The Hall–Kier alpha value is -1.59. The Morgan fingerprint density at radius 2 is 2.06 bits per heavy atom. The van der Waals surface area contributed by atoms with Crippen LogP contribution < -0.4 is 5.32 Å². The monoisotopic (exact) mass is 250 g/mol. The highest BCUT2D eigenvalue weighted by Crippen LogP contribution is 2.21. The van der Waals surface area contributed by atoms with E-state index in [9.17, 15) is 0 Å². The summed E-state index contributed by atoms with van der Waals surface area (Å²) in [6.07, 6.45) is 0. The van der Waals surface area contributed by atoms with Crippen molar-refractivity contribution in [2.45, 2.75) is 40.0 Å². The summed E-state index contributed by atoms with van der Waals surface area (Å²) >= 11 is 0. The number of aliphatic hydroxyl groups excluding tert-OH is 1. The van der Waals surface area contributed by atoms with E-state index in [-0.39, 0.29) is 12.6 Å². The third-order valence-corrected chi connectivity index (χ3v) is 2.98. The molecule has 1 unspecified atom stereocenters. The number of rotatable bonds is 5. The van der Waals surface area contributed by atoms with Crippen LogP contribution in [0.15, 0.2) is 21.1 Å². The standard InChI is InChI=1S/C13H18N2O3/c1-8(13-9(2)15-18-10(13)3)14-6-11-4-5-12(7-16)17-11/h4-5,8,14,16H,6-7H2,1-3H3. The number of aliphatic hydroxyl groups is 1. The van der Waals surface area contributed by atoms with Gasteiger partial charge in [-0.3, -0.25) is 0 Å². The molecule has 0 bridgehead atoms. The van der Waals surface area contributed by atoms with Crippen LogP contribution in [0, 0.1) is 13.8 Å². The average molecular weight is 250 g/mol. The first-order valence-corrected chi connectivity index (χ1v) is 5.96. The predicted octanol–water partition coefficient (Wildman–Crippen LogP) is 2.23. The zero-order valence-corrected chi connectivity index (χ0v) is 10.9. The molecule has 0 saturated heterocycles. The van der Waals surface area contributed by atoms with E-state index >= 15 is 0 Å². The fourth-order valence-electron chi connectivity index (χ4n) is 2.07. The number of nitrogens with one attached hydrogen (secondary N) is 1. The molecule has 5 nitrogen and oxygen atoms in total. The third kappa shape index (κ3) is 2.63. The van der Waals surface area contributed by atoms with E-state index in [1.807, 2.05) is 19.9 Å². The molecule has 0 spiro atoms. The number of aromatic nitrogens is 1. The van der Waals surface area contributed by atoms with E-state index in [0.717, 1.165) is 22.8 Å². The molecular weight excluding hydrogens is 232 g/mol. The first-order valence-electron chi connectivity index (χ1n) is 5.96. The molecule has 2 aromatic heterocycles. The fraction of sp³-hybridized carbons (Fsp3) is 0.462. The van der Waals surface area contributed by atoms with E-state index in [4.69, 9.17) is 14.0 Å². The van der Waals surface area contributed by atoms with Gasteiger partial charge in [0.2, 0.25) is 0 Å².